The van der Waals surface area contributed by atoms with Crippen molar-refractivity contribution in [3.63, 3.8) is 0 Å². The lowest BCUT2D eigenvalue weighted by Gasteiger charge is -2.32. The molecule has 0 aromatic heterocycles. The number of hydrogen-bond donors (Lipinski definition) is 2. The SMILES string of the molecule is [C-]#[N+]C(=NC1CCC(C)(C(C)=O)CC1)C(=CN)C(=O)O. The van der Waals surface area contributed by atoms with Gasteiger partial charge in [-0.1, -0.05) is 13.5 Å². The standard InChI is InChI=1S/C14H19N3O3/c1-9(18)14(2)6-4-10(5-7-14)17-12(16-3)11(8-15)13(19)20/h8,10H,4-7,15H2,1-2H3,(H,19,20). The van der Waals surface area contributed by atoms with Crippen LogP contribution >= 0.6 is 0 Å². The first-order chi connectivity index (χ1) is 9.34. The van der Waals surface area contributed by atoms with Gasteiger partial charge in [-0.05, 0) is 38.8 Å². The second kappa shape index (κ2) is 6.33. The van der Waals surface area contributed by atoms with Crippen molar-refractivity contribution in [2.75, 3.05) is 0 Å². The molecule has 0 radical (unpaired) electrons. The quantitative estimate of drug-likeness (QED) is 0.354. The maximum Gasteiger partial charge on any atom is 0.328 e. The summed E-state index contributed by atoms with van der Waals surface area (Å²) < 4.78 is 0. The van der Waals surface area contributed by atoms with E-state index in [9.17, 15) is 9.59 Å². The zero-order valence-corrected chi connectivity index (χ0v) is 11.7. The maximum atomic E-state index is 11.6. The molecular formula is C14H19N3O3. The molecule has 6 heteroatoms. The zero-order chi connectivity index (χ0) is 15.3. The number of amidine groups is 1. The number of carboxylic acids is 1. The van der Waals surface area contributed by atoms with Crippen molar-refractivity contribution in [1.29, 1.82) is 0 Å². The van der Waals surface area contributed by atoms with Gasteiger partial charge in [0.05, 0.1) is 0 Å². The third-order valence-corrected chi connectivity index (χ3v) is 3.96. The normalized spacial score (nSPS) is 27.8. The molecule has 1 aliphatic carbocycles. The van der Waals surface area contributed by atoms with Crippen LogP contribution in [0.4, 0.5) is 0 Å². The molecule has 0 amide bonds. The number of carbonyl (C=O) groups excluding carboxylic acids is 1. The molecule has 0 aromatic rings. The summed E-state index contributed by atoms with van der Waals surface area (Å²) in [5.41, 5.74) is 4.63. The molecule has 0 heterocycles. The van der Waals surface area contributed by atoms with Crippen LogP contribution in [0.2, 0.25) is 0 Å². The van der Waals surface area contributed by atoms with E-state index in [1.165, 1.54) is 0 Å². The van der Waals surface area contributed by atoms with Crippen LogP contribution in [0.1, 0.15) is 39.5 Å². The number of nitrogens with zero attached hydrogens (tertiary/aromatic N) is 2. The lowest BCUT2D eigenvalue weighted by molar-refractivity contribution is -0.132. The molecule has 0 aromatic carbocycles. The van der Waals surface area contributed by atoms with Gasteiger partial charge in [-0.25, -0.2) is 4.79 Å². The molecule has 1 saturated carbocycles. The highest BCUT2D eigenvalue weighted by molar-refractivity contribution is 6.22. The Morgan fingerprint density at radius 2 is 2.00 bits per heavy atom. The number of hydrogen-bond acceptors (Lipinski definition) is 4. The van der Waals surface area contributed by atoms with Gasteiger partial charge in [-0.15, -0.1) is 0 Å². The first kappa shape index (κ1) is 15.9. The highest BCUT2D eigenvalue weighted by Crippen LogP contribution is 2.37. The first-order valence-electron chi connectivity index (χ1n) is 6.46. The predicted molar refractivity (Wildman–Crippen MR) is 75.0 cm³/mol. The number of ketones is 1. The van der Waals surface area contributed by atoms with E-state index in [1.807, 2.05) is 6.92 Å². The van der Waals surface area contributed by atoms with Gasteiger partial charge >= 0.3 is 5.97 Å². The summed E-state index contributed by atoms with van der Waals surface area (Å²) in [5.74, 6) is -1.26. The Morgan fingerprint density at radius 1 is 1.45 bits per heavy atom. The van der Waals surface area contributed by atoms with Gasteiger partial charge in [-0.3, -0.25) is 4.79 Å². The number of rotatable bonds is 4. The lowest BCUT2D eigenvalue weighted by Crippen LogP contribution is -2.32. The molecule has 108 valence electrons. The number of carboxylic acid groups (broad SMARTS) is 1. The predicted octanol–water partition coefficient (Wildman–Crippen LogP) is 1.77. The number of carbonyl (C=O) groups is 2. The first-order valence-corrected chi connectivity index (χ1v) is 6.46. The third kappa shape index (κ3) is 3.44. The molecule has 3 N–H and O–H groups in total. The van der Waals surface area contributed by atoms with E-state index in [0.29, 0.717) is 25.7 Å². The van der Waals surface area contributed by atoms with Gasteiger partial charge < -0.3 is 15.7 Å². The van der Waals surface area contributed by atoms with Crippen molar-refractivity contribution >= 4 is 17.6 Å². The Bertz CT molecular complexity index is 506. The molecule has 1 rings (SSSR count). The second-order valence-corrected chi connectivity index (χ2v) is 5.30. The minimum absolute atomic E-state index is 0.124. The van der Waals surface area contributed by atoms with Crippen LogP contribution < -0.4 is 5.73 Å². The highest BCUT2D eigenvalue weighted by Gasteiger charge is 2.36. The lowest BCUT2D eigenvalue weighted by atomic mass is 9.72. The number of aliphatic imine (C=N–C) groups is 1. The molecule has 1 fully saturated rings. The minimum atomic E-state index is -1.26. The third-order valence-electron chi connectivity index (χ3n) is 3.96. The number of aliphatic carboxylic acids is 1. The Labute approximate surface area is 118 Å². The number of nitrogens with two attached hydrogens (primary N) is 1. The van der Waals surface area contributed by atoms with E-state index in [2.05, 4.69) is 9.84 Å². The molecule has 0 saturated heterocycles. The summed E-state index contributed by atoms with van der Waals surface area (Å²) in [6.45, 7) is 10.6. The smallest absolute Gasteiger partial charge is 0.328 e. The molecule has 0 bridgehead atoms. The summed E-state index contributed by atoms with van der Waals surface area (Å²) in [6.07, 6.45) is 3.65. The Balaban J connectivity index is 2.84. The van der Waals surface area contributed by atoms with Gasteiger partial charge in [0, 0.05) is 5.41 Å². The van der Waals surface area contributed by atoms with Crippen LogP contribution in [0.25, 0.3) is 4.85 Å². The summed E-state index contributed by atoms with van der Waals surface area (Å²) in [6, 6.07) is -0.124. The van der Waals surface area contributed by atoms with Crippen molar-refractivity contribution in [2.24, 2.45) is 16.1 Å². The minimum Gasteiger partial charge on any atom is -0.478 e. The molecule has 0 unspecified atom stereocenters. The summed E-state index contributed by atoms with van der Waals surface area (Å²) in [5, 5.41) is 8.94. The average Bonchev–Trinajstić information content (AvgIpc) is 2.40. The van der Waals surface area contributed by atoms with Crippen LogP contribution in [0.15, 0.2) is 16.8 Å². The Morgan fingerprint density at radius 3 is 2.35 bits per heavy atom. The fourth-order valence-corrected chi connectivity index (χ4v) is 2.29. The average molecular weight is 277 g/mol. The summed E-state index contributed by atoms with van der Waals surface area (Å²) >= 11 is 0. The fourth-order valence-electron chi connectivity index (χ4n) is 2.29. The van der Waals surface area contributed by atoms with Gasteiger partial charge in [-0.2, -0.15) is 4.99 Å². The number of Topliss-reactive ketones (excluding diaryl/α,β-unsaturated/α-hetero) is 1. The second-order valence-electron chi connectivity index (χ2n) is 5.30. The molecule has 1 aliphatic rings. The molecule has 20 heavy (non-hydrogen) atoms. The van der Waals surface area contributed by atoms with Crippen molar-refractivity contribution in [3.05, 3.63) is 23.2 Å². The van der Waals surface area contributed by atoms with E-state index in [-0.39, 0.29) is 28.6 Å². The zero-order valence-electron chi connectivity index (χ0n) is 11.7. The van der Waals surface area contributed by atoms with Crippen LogP contribution in [-0.4, -0.2) is 28.7 Å². The van der Waals surface area contributed by atoms with Crippen LogP contribution in [0.5, 0.6) is 0 Å². The van der Waals surface area contributed by atoms with E-state index >= 15 is 0 Å². The van der Waals surface area contributed by atoms with Crippen molar-refractivity contribution in [2.45, 2.75) is 45.6 Å². The monoisotopic (exact) mass is 277 g/mol. The molecule has 6 nitrogen and oxygen atoms in total. The largest absolute Gasteiger partial charge is 0.478 e. The van der Waals surface area contributed by atoms with Crippen LogP contribution in [0, 0.1) is 12.0 Å². The molecule has 0 spiro atoms. The highest BCUT2D eigenvalue weighted by atomic mass is 16.4. The summed E-state index contributed by atoms with van der Waals surface area (Å²) in [7, 11) is 0. The van der Waals surface area contributed by atoms with E-state index < -0.39 is 5.97 Å². The Hall–Kier alpha value is -2.16. The van der Waals surface area contributed by atoms with E-state index in [0.717, 1.165) is 6.20 Å². The van der Waals surface area contributed by atoms with Crippen molar-refractivity contribution in [1.82, 2.24) is 0 Å². The maximum absolute atomic E-state index is 11.6. The van der Waals surface area contributed by atoms with E-state index in [1.54, 1.807) is 6.92 Å². The van der Waals surface area contributed by atoms with Crippen LogP contribution in [0.3, 0.4) is 0 Å². The summed E-state index contributed by atoms with van der Waals surface area (Å²) in [4.78, 5) is 29.9. The fraction of sp³-hybridized carbons (Fsp3) is 0.571. The van der Waals surface area contributed by atoms with E-state index in [4.69, 9.17) is 17.4 Å². The van der Waals surface area contributed by atoms with Gasteiger partial charge in [0.2, 0.25) is 0 Å². The van der Waals surface area contributed by atoms with Gasteiger partial charge in [0.25, 0.3) is 5.84 Å². The molecule has 0 atom stereocenters. The molecular weight excluding hydrogens is 258 g/mol. The van der Waals surface area contributed by atoms with Crippen LogP contribution in [-0.2, 0) is 9.59 Å². The van der Waals surface area contributed by atoms with Gasteiger partial charge in [0.15, 0.2) is 0 Å². The topological polar surface area (TPSA) is 97.1 Å². The molecule has 0 aliphatic heterocycles. The van der Waals surface area contributed by atoms with Crippen molar-refractivity contribution in [3.8, 4) is 0 Å². The van der Waals surface area contributed by atoms with Crippen molar-refractivity contribution < 1.29 is 14.7 Å². The Kier molecular flexibility index (Phi) is 5.03. The van der Waals surface area contributed by atoms with Gasteiger partial charge in [0.1, 0.15) is 17.4 Å².